The number of aromatic amines is 1. The Kier molecular flexibility index (Phi) is 5.30. The first-order valence-electron chi connectivity index (χ1n) is 9.58. The van der Waals surface area contributed by atoms with Crippen molar-refractivity contribution in [1.82, 2.24) is 14.9 Å². The Morgan fingerprint density at radius 3 is 2.86 bits per heavy atom. The van der Waals surface area contributed by atoms with Gasteiger partial charge >= 0.3 is 0 Å². The van der Waals surface area contributed by atoms with E-state index in [2.05, 4.69) is 16.0 Å². The van der Waals surface area contributed by atoms with E-state index in [1.165, 1.54) is 5.56 Å². The summed E-state index contributed by atoms with van der Waals surface area (Å²) in [4.78, 5) is 22.4. The molecule has 1 N–H and O–H groups in total. The van der Waals surface area contributed by atoms with Gasteiger partial charge in [0.2, 0.25) is 5.91 Å². The maximum Gasteiger partial charge on any atom is 0.249 e. The highest BCUT2D eigenvalue weighted by Crippen LogP contribution is 2.30. The topological polar surface area (TPSA) is 67.4 Å². The van der Waals surface area contributed by atoms with Gasteiger partial charge < -0.3 is 19.4 Å². The Labute approximate surface area is 164 Å². The lowest BCUT2D eigenvalue weighted by molar-refractivity contribution is -0.137. The van der Waals surface area contributed by atoms with E-state index in [-0.39, 0.29) is 19.1 Å². The number of carbonyl (C=O) groups excluding carboxylic acids is 1. The summed E-state index contributed by atoms with van der Waals surface area (Å²) in [5.74, 6) is 1.54. The molecular weight excluding hydrogens is 354 g/mol. The summed E-state index contributed by atoms with van der Waals surface area (Å²) in [5.41, 5.74) is 4.08. The fourth-order valence-electron chi connectivity index (χ4n) is 3.39. The number of ether oxygens (including phenoxy) is 2. The van der Waals surface area contributed by atoms with Gasteiger partial charge in [0.25, 0.3) is 0 Å². The Balaban J connectivity index is 1.36. The van der Waals surface area contributed by atoms with Crippen LogP contribution in [0.3, 0.4) is 0 Å². The number of amides is 1. The van der Waals surface area contributed by atoms with Gasteiger partial charge in [0.1, 0.15) is 24.8 Å². The van der Waals surface area contributed by atoms with Crippen LogP contribution in [0.4, 0.5) is 0 Å². The Morgan fingerprint density at radius 2 is 2.07 bits per heavy atom. The standard InChI is InChI=1S/C22H25N3O3/c1-15-7-10-18-19(11-15)24-21(23-18)13-28-14-22(26)25(17-8-9-17)12-16-5-3-4-6-20(16)27-2/h3-7,10-11,17H,8-9,12-14H2,1-2H3,(H,23,24). The third-order valence-corrected chi connectivity index (χ3v) is 4.99. The third-order valence-electron chi connectivity index (χ3n) is 4.99. The monoisotopic (exact) mass is 379 g/mol. The first-order chi connectivity index (χ1) is 13.6. The maximum atomic E-state index is 12.8. The lowest BCUT2D eigenvalue weighted by Gasteiger charge is -2.23. The number of nitrogens with zero attached hydrogens (tertiary/aromatic N) is 2. The van der Waals surface area contributed by atoms with E-state index in [0.29, 0.717) is 12.6 Å². The number of fused-ring (bicyclic) bond motifs is 1. The van der Waals surface area contributed by atoms with Gasteiger partial charge in [-0.25, -0.2) is 4.98 Å². The summed E-state index contributed by atoms with van der Waals surface area (Å²) in [5, 5.41) is 0. The SMILES string of the molecule is COc1ccccc1CN(C(=O)COCc1nc2ccc(C)cc2[nH]1)C1CC1. The Morgan fingerprint density at radius 1 is 1.25 bits per heavy atom. The van der Waals surface area contributed by atoms with E-state index in [9.17, 15) is 4.79 Å². The highest BCUT2D eigenvalue weighted by Gasteiger charge is 2.33. The fraction of sp³-hybridized carbons (Fsp3) is 0.364. The van der Waals surface area contributed by atoms with Crippen LogP contribution in [-0.2, 0) is 22.7 Å². The number of imidazole rings is 1. The van der Waals surface area contributed by atoms with Crippen molar-refractivity contribution in [3.63, 3.8) is 0 Å². The van der Waals surface area contributed by atoms with Crippen LogP contribution in [0.5, 0.6) is 5.75 Å². The first-order valence-corrected chi connectivity index (χ1v) is 9.58. The van der Waals surface area contributed by atoms with Crippen LogP contribution in [0.15, 0.2) is 42.5 Å². The molecule has 1 saturated carbocycles. The molecule has 1 amide bonds. The van der Waals surface area contributed by atoms with Gasteiger partial charge in [0.05, 0.1) is 18.1 Å². The number of methoxy groups -OCH3 is 1. The first kappa shape index (κ1) is 18.5. The van der Waals surface area contributed by atoms with Crippen LogP contribution in [0.2, 0.25) is 0 Å². The molecule has 1 aromatic heterocycles. The average Bonchev–Trinajstić information content (AvgIpc) is 3.46. The normalized spacial score (nSPS) is 13.6. The zero-order valence-corrected chi connectivity index (χ0v) is 16.3. The van der Waals surface area contributed by atoms with Crippen LogP contribution in [0.25, 0.3) is 11.0 Å². The molecule has 4 rings (SSSR count). The molecule has 0 unspecified atom stereocenters. The molecule has 0 aliphatic heterocycles. The van der Waals surface area contributed by atoms with Gasteiger partial charge in [-0.2, -0.15) is 0 Å². The summed E-state index contributed by atoms with van der Waals surface area (Å²) >= 11 is 0. The van der Waals surface area contributed by atoms with Crippen LogP contribution in [0.1, 0.15) is 29.8 Å². The largest absolute Gasteiger partial charge is 0.496 e. The average molecular weight is 379 g/mol. The molecule has 1 aliphatic carbocycles. The van der Waals surface area contributed by atoms with Crippen molar-refractivity contribution in [3.8, 4) is 5.75 Å². The van der Waals surface area contributed by atoms with E-state index >= 15 is 0 Å². The molecule has 0 radical (unpaired) electrons. The van der Waals surface area contributed by atoms with Crippen LogP contribution >= 0.6 is 0 Å². The number of carbonyl (C=O) groups is 1. The highest BCUT2D eigenvalue weighted by molar-refractivity contribution is 5.78. The molecule has 3 aromatic rings. The van der Waals surface area contributed by atoms with E-state index in [4.69, 9.17) is 9.47 Å². The van der Waals surface area contributed by atoms with Crippen molar-refractivity contribution in [2.75, 3.05) is 13.7 Å². The predicted octanol–water partition coefficient (Wildman–Crippen LogP) is 3.59. The maximum absolute atomic E-state index is 12.8. The fourth-order valence-corrected chi connectivity index (χ4v) is 3.39. The second kappa shape index (κ2) is 8.02. The number of aryl methyl sites for hydroxylation is 1. The summed E-state index contributed by atoms with van der Waals surface area (Å²) in [6.07, 6.45) is 2.09. The van der Waals surface area contributed by atoms with Crippen molar-refractivity contribution in [1.29, 1.82) is 0 Å². The molecule has 1 fully saturated rings. The van der Waals surface area contributed by atoms with E-state index in [1.54, 1.807) is 7.11 Å². The summed E-state index contributed by atoms with van der Waals surface area (Å²) in [7, 11) is 1.65. The van der Waals surface area contributed by atoms with Gasteiger partial charge in [-0.3, -0.25) is 4.79 Å². The van der Waals surface area contributed by atoms with Gasteiger partial charge in [-0.05, 0) is 43.5 Å². The number of hydrogen-bond acceptors (Lipinski definition) is 4. The molecule has 0 spiro atoms. The van der Waals surface area contributed by atoms with Crippen LogP contribution in [-0.4, -0.2) is 40.5 Å². The summed E-state index contributed by atoms with van der Waals surface area (Å²) in [6, 6.07) is 14.2. The molecule has 0 bridgehead atoms. The molecule has 6 heteroatoms. The van der Waals surface area contributed by atoms with Gasteiger partial charge in [0.15, 0.2) is 0 Å². The number of nitrogens with one attached hydrogen (secondary N) is 1. The lowest BCUT2D eigenvalue weighted by Crippen LogP contribution is -2.35. The van der Waals surface area contributed by atoms with Crippen molar-refractivity contribution < 1.29 is 14.3 Å². The van der Waals surface area contributed by atoms with Crippen molar-refractivity contribution in [2.24, 2.45) is 0 Å². The van der Waals surface area contributed by atoms with E-state index in [0.717, 1.165) is 41.0 Å². The zero-order chi connectivity index (χ0) is 19.5. The van der Waals surface area contributed by atoms with Crippen molar-refractivity contribution in [2.45, 2.75) is 39.0 Å². The van der Waals surface area contributed by atoms with Crippen molar-refractivity contribution in [3.05, 3.63) is 59.4 Å². The predicted molar refractivity (Wildman–Crippen MR) is 107 cm³/mol. The van der Waals surface area contributed by atoms with Gasteiger partial charge in [-0.1, -0.05) is 24.3 Å². The van der Waals surface area contributed by atoms with E-state index in [1.807, 2.05) is 48.2 Å². The van der Waals surface area contributed by atoms with E-state index < -0.39 is 0 Å². The Hall–Kier alpha value is -2.86. The minimum Gasteiger partial charge on any atom is -0.496 e. The Bertz CT molecular complexity index is 978. The zero-order valence-electron chi connectivity index (χ0n) is 16.3. The minimum absolute atomic E-state index is 0.000335. The molecule has 146 valence electrons. The molecule has 0 atom stereocenters. The number of H-pyrrole nitrogens is 1. The molecule has 2 aromatic carbocycles. The van der Waals surface area contributed by atoms with Crippen LogP contribution in [0, 0.1) is 6.92 Å². The number of rotatable bonds is 8. The molecule has 0 saturated heterocycles. The molecule has 1 heterocycles. The molecule has 6 nitrogen and oxygen atoms in total. The van der Waals surface area contributed by atoms with Crippen molar-refractivity contribution >= 4 is 16.9 Å². The second-order valence-electron chi connectivity index (χ2n) is 7.26. The van der Waals surface area contributed by atoms with Crippen LogP contribution < -0.4 is 4.74 Å². The highest BCUT2D eigenvalue weighted by atomic mass is 16.5. The molecule has 1 aliphatic rings. The number of para-hydroxylation sites is 1. The third kappa shape index (κ3) is 4.17. The number of hydrogen-bond donors (Lipinski definition) is 1. The molecule has 28 heavy (non-hydrogen) atoms. The molecular formula is C22H25N3O3. The smallest absolute Gasteiger partial charge is 0.249 e. The summed E-state index contributed by atoms with van der Waals surface area (Å²) < 4.78 is 11.1. The summed E-state index contributed by atoms with van der Waals surface area (Å²) in [6.45, 7) is 2.92. The number of benzene rings is 2. The lowest BCUT2D eigenvalue weighted by atomic mass is 10.2. The second-order valence-corrected chi connectivity index (χ2v) is 7.26. The minimum atomic E-state index is 0.000335. The van der Waals surface area contributed by atoms with Gasteiger partial charge in [0, 0.05) is 18.2 Å². The van der Waals surface area contributed by atoms with Gasteiger partial charge in [-0.15, -0.1) is 0 Å². The quantitative estimate of drug-likeness (QED) is 0.649. The number of aromatic nitrogens is 2.